The van der Waals surface area contributed by atoms with E-state index in [1.165, 1.54) is 173 Å². The molecule has 540 valence electrons. The van der Waals surface area contributed by atoms with Gasteiger partial charge in [0, 0.05) is 25.7 Å². The van der Waals surface area contributed by atoms with E-state index in [-0.39, 0.29) is 25.7 Å². The van der Waals surface area contributed by atoms with Crippen LogP contribution in [-0.2, 0) is 65.4 Å². The summed E-state index contributed by atoms with van der Waals surface area (Å²) in [6.07, 6.45) is 50.0. The van der Waals surface area contributed by atoms with Crippen molar-refractivity contribution in [2.24, 2.45) is 11.8 Å². The van der Waals surface area contributed by atoms with Crippen molar-refractivity contribution in [3.63, 3.8) is 0 Å². The van der Waals surface area contributed by atoms with Gasteiger partial charge in [0.25, 0.3) is 0 Å². The topological polar surface area (TPSA) is 237 Å². The van der Waals surface area contributed by atoms with Gasteiger partial charge in [-0.1, -0.05) is 318 Å². The van der Waals surface area contributed by atoms with Crippen LogP contribution in [0.15, 0.2) is 0 Å². The SMILES string of the molecule is CCCCCCCCCCCCCCCCCCCC(=O)O[C@H](COC(=O)CCCCCCCCCCCCCC(C)C)COP(=O)(O)OC[C@@H](O)COP(=O)(O)OC[C@@H](COC(=O)CCCCCCCCC)OC(=O)CCCCCCCCCCCCC(C)C. The van der Waals surface area contributed by atoms with E-state index in [9.17, 15) is 43.2 Å². The highest BCUT2D eigenvalue weighted by Crippen LogP contribution is 2.45. The lowest BCUT2D eigenvalue weighted by molar-refractivity contribution is -0.161. The molecule has 91 heavy (non-hydrogen) atoms. The third-order valence-corrected chi connectivity index (χ3v) is 18.6. The van der Waals surface area contributed by atoms with Gasteiger partial charge in [0.15, 0.2) is 12.2 Å². The minimum absolute atomic E-state index is 0.106. The Balaban J connectivity index is 5.20. The normalized spacial score (nSPS) is 14.1. The van der Waals surface area contributed by atoms with Crippen molar-refractivity contribution in [3.8, 4) is 0 Å². The van der Waals surface area contributed by atoms with Crippen LogP contribution in [0.5, 0.6) is 0 Å². The van der Waals surface area contributed by atoms with Gasteiger partial charge in [0.1, 0.15) is 19.3 Å². The molecule has 0 aromatic heterocycles. The molecule has 0 aliphatic rings. The van der Waals surface area contributed by atoms with Crippen LogP contribution in [0.1, 0.15) is 369 Å². The Labute approximate surface area is 556 Å². The second-order valence-electron chi connectivity index (χ2n) is 26.9. The molecule has 19 heteroatoms. The van der Waals surface area contributed by atoms with E-state index < -0.39 is 97.5 Å². The van der Waals surface area contributed by atoms with Crippen molar-refractivity contribution in [2.45, 2.75) is 387 Å². The van der Waals surface area contributed by atoms with Gasteiger partial charge >= 0.3 is 39.5 Å². The molecular weight excluding hydrogens is 1200 g/mol. The molecule has 0 radical (unpaired) electrons. The second kappa shape index (κ2) is 64.1. The first kappa shape index (κ1) is 89.1. The summed E-state index contributed by atoms with van der Waals surface area (Å²) in [4.78, 5) is 72.5. The Morgan fingerprint density at radius 1 is 0.297 bits per heavy atom. The Morgan fingerprint density at radius 3 is 0.747 bits per heavy atom. The van der Waals surface area contributed by atoms with Gasteiger partial charge in [0.2, 0.25) is 0 Å². The minimum atomic E-state index is -4.95. The molecule has 0 aromatic carbocycles. The summed E-state index contributed by atoms with van der Waals surface area (Å²) in [6.45, 7) is 9.52. The molecule has 0 bridgehead atoms. The maximum Gasteiger partial charge on any atom is 0.472 e. The van der Waals surface area contributed by atoms with Crippen LogP contribution in [0.25, 0.3) is 0 Å². The van der Waals surface area contributed by atoms with Crippen LogP contribution in [0.3, 0.4) is 0 Å². The van der Waals surface area contributed by atoms with Gasteiger partial charge in [-0.3, -0.25) is 37.3 Å². The fraction of sp³-hybridized carbons (Fsp3) is 0.944. The highest BCUT2D eigenvalue weighted by atomic mass is 31.2. The van der Waals surface area contributed by atoms with Crippen LogP contribution in [0.4, 0.5) is 0 Å². The number of carbonyl (C=O) groups excluding carboxylic acids is 4. The van der Waals surface area contributed by atoms with Crippen LogP contribution >= 0.6 is 15.6 Å². The Morgan fingerprint density at radius 2 is 0.505 bits per heavy atom. The number of hydrogen-bond acceptors (Lipinski definition) is 15. The first-order valence-corrected chi connectivity index (χ1v) is 40.5. The van der Waals surface area contributed by atoms with Crippen molar-refractivity contribution >= 4 is 39.5 Å². The number of hydrogen-bond donors (Lipinski definition) is 3. The summed E-state index contributed by atoms with van der Waals surface area (Å²) in [5, 5.41) is 10.6. The van der Waals surface area contributed by atoms with Gasteiger partial charge in [-0.15, -0.1) is 0 Å². The molecule has 2 unspecified atom stereocenters. The molecule has 0 saturated heterocycles. The Bertz CT molecular complexity index is 1770. The smallest absolute Gasteiger partial charge is 0.462 e. The summed E-state index contributed by atoms with van der Waals surface area (Å²) >= 11 is 0. The molecule has 0 heterocycles. The lowest BCUT2D eigenvalue weighted by atomic mass is 10.0. The standard InChI is InChI=1S/C72H140O17P2/c1-7-9-11-13-15-16-17-18-19-20-21-22-25-32-38-44-50-56-71(76)89-68(61-83-70(75)55-49-43-37-31-26-23-24-29-35-40-46-52-64(3)4)63-87-91(80,81)85-59-66(73)58-84-90(78,79)86-62-67(60-82-69(74)54-48-42-34-14-12-10-8-2)88-72(77)57-51-45-39-33-28-27-30-36-41-47-53-65(5)6/h64-68,73H,7-63H2,1-6H3,(H,78,79)(H,80,81)/t66-,67+,68+/m0/s1. The first-order chi connectivity index (χ1) is 43.9. The monoisotopic (exact) mass is 1340 g/mol. The summed E-state index contributed by atoms with van der Waals surface area (Å²) in [5.41, 5.74) is 0. The van der Waals surface area contributed by atoms with E-state index >= 15 is 0 Å². The van der Waals surface area contributed by atoms with Gasteiger partial charge in [-0.25, -0.2) is 9.13 Å². The van der Waals surface area contributed by atoms with Crippen molar-refractivity contribution in [1.82, 2.24) is 0 Å². The van der Waals surface area contributed by atoms with E-state index in [1.807, 2.05) is 0 Å². The second-order valence-corrected chi connectivity index (χ2v) is 29.8. The number of unbranched alkanes of at least 4 members (excludes halogenated alkanes) is 41. The fourth-order valence-electron chi connectivity index (χ4n) is 10.9. The van der Waals surface area contributed by atoms with Crippen LogP contribution in [0, 0.1) is 11.8 Å². The highest BCUT2D eigenvalue weighted by Gasteiger charge is 2.30. The zero-order valence-corrected chi connectivity index (χ0v) is 60.9. The van der Waals surface area contributed by atoms with E-state index in [0.29, 0.717) is 25.7 Å². The predicted molar refractivity (Wildman–Crippen MR) is 368 cm³/mol. The largest absolute Gasteiger partial charge is 0.472 e. The minimum Gasteiger partial charge on any atom is -0.462 e. The lowest BCUT2D eigenvalue weighted by Crippen LogP contribution is -2.30. The lowest BCUT2D eigenvalue weighted by Gasteiger charge is -2.21. The molecule has 3 N–H and O–H groups in total. The van der Waals surface area contributed by atoms with Crippen molar-refractivity contribution in [2.75, 3.05) is 39.6 Å². The van der Waals surface area contributed by atoms with Gasteiger partial charge in [-0.2, -0.15) is 0 Å². The van der Waals surface area contributed by atoms with Gasteiger partial charge in [0.05, 0.1) is 26.4 Å². The van der Waals surface area contributed by atoms with Crippen LogP contribution in [0.2, 0.25) is 0 Å². The number of ether oxygens (including phenoxy) is 4. The number of carbonyl (C=O) groups is 4. The number of aliphatic hydroxyl groups excluding tert-OH is 1. The molecule has 0 amide bonds. The number of aliphatic hydroxyl groups is 1. The summed E-state index contributed by atoms with van der Waals surface area (Å²) < 4.78 is 68.3. The molecule has 0 aliphatic carbocycles. The number of esters is 4. The van der Waals surface area contributed by atoms with Crippen molar-refractivity contribution in [1.29, 1.82) is 0 Å². The molecule has 0 saturated carbocycles. The van der Waals surface area contributed by atoms with Crippen molar-refractivity contribution < 1.29 is 80.2 Å². The van der Waals surface area contributed by atoms with Gasteiger partial charge < -0.3 is 33.8 Å². The maximum atomic E-state index is 13.0. The molecule has 0 fully saturated rings. The van der Waals surface area contributed by atoms with E-state index in [4.69, 9.17) is 37.0 Å². The molecule has 17 nitrogen and oxygen atoms in total. The molecule has 0 aromatic rings. The molecule has 0 spiro atoms. The molecule has 0 rings (SSSR count). The summed E-state index contributed by atoms with van der Waals surface area (Å²) in [7, 11) is -9.90. The third-order valence-electron chi connectivity index (χ3n) is 16.7. The molecule has 0 aliphatic heterocycles. The van der Waals surface area contributed by atoms with Crippen molar-refractivity contribution in [3.05, 3.63) is 0 Å². The summed E-state index contributed by atoms with van der Waals surface area (Å²) in [5.74, 6) is -0.601. The summed E-state index contributed by atoms with van der Waals surface area (Å²) in [6, 6.07) is 0. The maximum absolute atomic E-state index is 13.0. The quantitative estimate of drug-likeness (QED) is 0.0222. The zero-order chi connectivity index (χ0) is 67.2. The first-order valence-electron chi connectivity index (χ1n) is 37.5. The molecule has 5 atom stereocenters. The number of phosphoric acid groups is 2. The average molecular weight is 1340 g/mol. The number of rotatable bonds is 71. The van der Waals surface area contributed by atoms with Gasteiger partial charge in [-0.05, 0) is 37.5 Å². The molecular formula is C72H140O17P2. The fourth-order valence-corrected chi connectivity index (χ4v) is 12.5. The van der Waals surface area contributed by atoms with Crippen LogP contribution < -0.4 is 0 Å². The van der Waals surface area contributed by atoms with E-state index in [0.717, 1.165) is 115 Å². The third kappa shape index (κ3) is 66.5. The van der Waals surface area contributed by atoms with E-state index in [1.54, 1.807) is 0 Å². The van der Waals surface area contributed by atoms with E-state index in [2.05, 4.69) is 41.5 Å². The zero-order valence-electron chi connectivity index (χ0n) is 59.1. The predicted octanol–water partition coefficient (Wildman–Crippen LogP) is 20.8. The Kier molecular flexibility index (Phi) is 62.7. The average Bonchev–Trinajstić information content (AvgIpc) is 3.73. The highest BCUT2D eigenvalue weighted by molar-refractivity contribution is 7.47. The Hall–Kier alpha value is -1.94. The van der Waals surface area contributed by atoms with Crippen LogP contribution in [-0.4, -0.2) is 96.7 Å². The number of phosphoric ester groups is 2.